The normalized spacial score (nSPS) is 11.1. The van der Waals surface area contributed by atoms with Crippen LogP contribution in [0.5, 0.6) is 0 Å². The number of oxazole rings is 1. The number of thioether (sulfide) groups is 1. The van der Waals surface area contributed by atoms with Gasteiger partial charge in [-0.3, -0.25) is 0 Å². The topological polar surface area (TPSA) is 77.0 Å². The predicted octanol–water partition coefficient (Wildman–Crippen LogP) is 4.18. The van der Waals surface area contributed by atoms with E-state index in [2.05, 4.69) is 20.5 Å². The first-order chi connectivity index (χ1) is 11.4. The molecule has 6 nitrogen and oxygen atoms in total. The first-order valence-electron chi connectivity index (χ1n) is 6.94. The van der Waals surface area contributed by atoms with E-state index < -0.39 is 0 Å². The SMILES string of the molecule is c1coc(CNc2nnc(SCc3nc4ccccc4o3)s2)c1. The Morgan fingerprint density at radius 1 is 1.13 bits per heavy atom. The van der Waals surface area contributed by atoms with Gasteiger partial charge in [-0.25, -0.2) is 4.98 Å². The summed E-state index contributed by atoms with van der Waals surface area (Å²) in [7, 11) is 0. The lowest BCUT2D eigenvalue weighted by Crippen LogP contribution is -1.96. The van der Waals surface area contributed by atoms with Crippen molar-refractivity contribution in [3.05, 3.63) is 54.3 Å². The maximum absolute atomic E-state index is 5.69. The predicted molar refractivity (Wildman–Crippen MR) is 89.5 cm³/mol. The van der Waals surface area contributed by atoms with Gasteiger partial charge in [0.05, 0.1) is 18.6 Å². The van der Waals surface area contributed by atoms with Crippen molar-refractivity contribution < 1.29 is 8.83 Å². The molecule has 0 aliphatic carbocycles. The summed E-state index contributed by atoms with van der Waals surface area (Å²) in [5.41, 5.74) is 1.68. The van der Waals surface area contributed by atoms with Crippen molar-refractivity contribution in [2.45, 2.75) is 16.6 Å². The third-order valence-corrected chi connectivity index (χ3v) is 5.06. The van der Waals surface area contributed by atoms with Gasteiger partial charge in [0.2, 0.25) is 11.0 Å². The van der Waals surface area contributed by atoms with Gasteiger partial charge >= 0.3 is 0 Å². The van der Waals surface area contributed by atoms with E-state index >= 15 is 0 Å². The minimum atomic E-state index is 0.595. The lowest BCUT2D eigenvalue weighted by Gasteiger charge is -1.96. The molecule has 116 valence electrons. The highest BCUT2D eigenvalue weighted by molar-refractivity contribution is 8.00. The fourth-order valence-electron chi connectivity index (χ4n) is 2.02. The van der Waals surface area contributed by atoms with Crippen molar-refractivity contribution in [2.24, 2.45) is 0 Å². The van der Waals surface area contributed by atoms with Crippen LogP contribution >= 0.6 is 23.1 Å². The molecule has 1 aromatic carbocycles. The number of para-hydroxylation sites is 2. The molecule has 0 amide bonds. The van der Waals surface area contributed by atoms with Crippen LogP contribution in [-0.2, 0) is 12.3 Å². The Hall–Kier alpha value is -2.32. The smallest absolute Gasteiger partial charge is 0.206 e. The zero-order valence-corrected chi connectivity index (χ0v) is 13.6. The van der Waals surface area contributed by atoms with Crippen LogP contribution in [0, 0.1) is 0 Å². The number of fused-ring (bicyclic) bond motifs is 1. The van der Waals surface area contributed by atoms with Crippen LogP contribution in [0.3, 0.4) is 0 Å². The summed E-state index contributed by atoms with van der Waals surface area (Å²) in [4.78, 5) is 4.45. The highest BCUT2D eigenvalue weighted by atomic mass is 32.2. The number of benzene rings is 1. The number of nitrogens with one attached hydrogen (secondary N) is 1. The van der Waals surface area contributed by atoms with Crippen LogP contribution in [-0.4, -0.2) is 15.2 Å². The molecule has 0 spiro atoms. The van der Waals surface area contributed by atoms with Crippen LogP contribution < -0.4 is 5.32 Å². The lowest BCUT2D eigenvalue weighted by atomic mass is 10.3. The van der Waals surface area contributed by atoms with Gasteiger partial charge < -0.3 is 14.2 Å². The molecule has 0 radical (unpaired) electrons. The maximum Gasteiger partial charge on any atom is 0.206 e. The summed E-state index contributed by atoms with van der Waals surface area (Å²) in [6.07, 6.45) is 1.65. The van der Waals surface area contributed by atoms with E-state index in [1.807, 2.05) is 36.4 Å². The van der Waals surface area contributed by atoms with Crippen LogP contribution in [0.15, 0.2) is 55.8 Å². The summed E-state index contributed by atoms with van der Waals surface area (Å²) < 4.78 is 11.8. The monoisotopic (exact) mass is 344 g/mol. The molecule has 0 fully saturated rings. The van der Waals surface area contributed by atoms with Crippen molar-refractivity contribution >= 4 is 39.3 Å². The standard InChI is InChI=1S/C15H12N4O2S2/c1-2-6-12-11(5-1)17-13(21-12)9-22-15-19-18-14(23-15)16-8-10-4-3-7-20-10/h1-7H,8-9H2,(H,16,18). The van der Waals surface area contributed by atoms with Crippen molar-refractivity contribution in [3.8, 4) is 0 Å². The van der Waals surface area contributed by atoms with Crippen molar-refractivity contribution in [1.29, 1.82) is 0 Å². The minimum absolute atomic E-state index is 0.595. The highest BCUT2D eigenvalue weighted by Crippen LogP contribution is 2.29. The average Bonchev–Trinajstić information content (AvgIpc) is 3.30. The number of rotatable bonds is 6. The average molecular weight is 344 g/mol. The molecule has 4 aromatic rings. The Bertz CT molecular complexity index is 868. The van der Waals surface area contributed by atoms with Gasteiger partial charge in [0.15, 0.2) is 9.92 Å². The Morgan fingerprint density at radius 3 is 2.96 bits per heavy atom. The van der Waals surface area contributed by atoms with E-state index in [9.17, 15) is 0 Å². The third-order valence-electron chi connectivity index (χ3n) is 3.06. The molecule has 23 heavy (non-hydrogen) atoms. The molecule has 0 aliphatic rings. The van der Waals surface area contributed by atoms with E-state index in [1.54, 1.807) is 18.0 Å². The molecule has 0 bridgehead atoms. The summed E-state index contributed by atoms with van der Waals surface area (Å²) in [6, 6.07) is 11.5. The van der Waals surface area contributed by atoms with Gasteiger partial charge in [-0.1, -0.05) is 35.2 Å². The fourth-order valence-corrected chi connectivity index (χ4v) is 3.61. The first kappa shape index (κ1) is 14.3. The van der Waals surface area contributed by atoms with Gasteiger partial charge in [-0.05, 0) is 24.3 Å². The van der Waals surface area contributed by atoms with Gasteiger partial charge in [-0.2, -0.15) is 0 Å². The summed E-state index contributed by atoms with van der Waals surface area (Å²) in [6.45, 7) is 0.595. The van der Waals surface area contributed by atoms with Gasteiger partial charge in [0, 0.05) is 0 Å². The number of aromatic nitrogens is 3. The second kappa shape index (κ2) is 6.43. The summed E-state index contributed by atoms with van der Waals surface area (Å²) in [5.74, 6) is 2.18. The maximum atomic E-state index is 5.69. The largest absolute Gasteiger partial charge is 0.467 e. The Balaban J connectivity index is 1.35. The highest BCUT2D eigenvalue weighted by Gasteiger charge is 2.09. The zero-order chi connectivity index (χ0) is 15.5. The van der Waals surface area contributed by atoms with Crippen LogP contribution in [0.1, 0.15) is 11.7 Å². The minimum Gasteiger partial charge on any atom is -0.467 e. The number of nitrogens with zero attached hydrogens (tertiary/aromatic N) is 3. The third kappa shape index (κ3) is 3.38. The van der Waals surface area contributed by atoms with E-state index in [0.29, 0.717) is 18.2 Å². The molecule has 0 atom stereocenters. The Labute approximate surface area is 139 Å². The Kier molecular flexibility index (Phi) is 3.99. The first-order valence-corrected chi connectivity index (χ1v) is 8.74. The number of hydrogen-bond acceptors (Lipinski definition) is 8. The molecule has 0 saturated heterocycles. The second-order valence-corrected chi connectivity index (χ2v) is 6.87. The number of anilines is 1. The molecule has 3 heterocycles. The van der Waals surface area contributed by atoms with E-state index in [1.165, 1.54) is 11.3 Å². The number of furan rings is 1. The second-order valence-electron chi connectivity index (χ2n) is 4.67. The molecule has 8 heteroatoms. The van der Waals surface area contributed by atoms with Gasteiger partial charge in [0.1, 0.15) is 11.3 Å². The van der Waals surface area contributed by atoms with Crippen molar-refractivity contribution in [3.63, 3.8) is 0 Å². The van der Waals surface area contributed by atoms with E-state index in [-0.39, 0.29) is 0 Å². The molecular formula is C15H12N4O2S2. The van der Waals surface area contributed by atoms with E-state index in [0.717, 1.165) is 26.3 Å². The zero-order valence-electron chi connectivity index (χ0n) is 11.9. The molecule has 0 aliphatic heterocycles. The van der Waals surface area contributed by atoms with Crippen LogP contribution in [0.2, 0.25) is 0 Å². The van der Waals surface area contributed by atoms with Crippen LogP contribution in [0.25, 0.3) is 11.1 Å². The molecule has 0 unspecified atom stereocenters. The molecule has 1 N–H and O–H groups in total. The Morgan fingerprint density at radius 2 is 2.09 bits per heavy atom. The van der Waals surface area contributed by atoms with Crippen molar-refractivity contribution in [2.75, 3.05) is 5.32 Å². The molecule has 4 rings (SSSR count). The van der Waals surface area contributed by atoms with Crippen molar-refractivity contribution in [1.82, 2.24) is 15.2 Å². The van der Waals surface area contributed by atoms with Gasteiger partial charge in [-0.15, -0.1) is 10.2 Å². The lowest BCUT2D eigenvalue weighted by molar-refractivity contribution is 0.518. The van der Waals surface area contributed by atoms with E-state index in [4.69, 9.17) is 8.83 Å². The fraction of sp³-hybridized carbons (Fsp3) is 0.133. The molecule has 0 saturated carbocycles. The summed E-state index contributed by atoms with van der Waals surface area (Å²) in [5, 5.41) is 12.2. The van der Waals surface area contributed by atoms with Crippen LogP contribution in [0.4, 0.5) is 5.13 Å². The van der Waals surface area contributed by atoms with Gasteiger partial charge in [0.25, 0.3) is 0 Å². The molecule has 3 aromatic heterocycles. The molecular weight excluding hydrogens is 332 g/mol. The number of hydrogen-bond donors (Lipinski definition) is 1. The summed E-state index contributed by atoms with van der Waals surface area (Å²) >= 11 is 3.06. The quantitative estimate of drug-likeness (QED) is 0.526.